The molecule has 1 aromatic heterocycles. The van der Waals surface area contributed by atoms with Gasteiger partial charge in [0.15, 0.2) is 17.3 Å². The molecule has 11 heteroatoms. The second-order valence-corrected chi connectivity index (χ2v) is 7.77. The number of ether oxygens (including phenoxy) is 2. The van der Waals surface area contributed by atoms with Crippen molar-refractivity contribution in [3.63, 3.8) is 0 Å². The third-order valence-electron chi connectivity index (χ3n) is 5.76. The molecule has 1 saturated heterocycles. The van der Waals surface area contributed by atoms with Gasteiger partial charge in [0, 0.05) is 32.4 Å². The molecule has 2 aliphatic rings. The highest BCUT2D eigenvalue weighted by atomic mass is 19.1. The number of hydrogen-bond donors (Lipinski definition) is 0. The molecule has 0 saturated carbocycles. The highest BCUT2D eigenvalue weighted by Gasteiger charge is 2.38. The van der Waals surface area contributed by atoms with Crippen molar-refractivity contribution >= 4 is 28.2 Å². The summed E-state index contributed by atoms with van der Waals surface area (Å²) in [5.74, 6) is -1.95. The van der Waals surface area contributed by atoms with E-state index in [-0.39, 0.29) is 47.2 Å². The number of carbonyl (C=O) groups is 1. The Balaban J connectivity index is 2.11. The summed E-state index contributed by atoms with van der Waals surface area (Å²) in [5, 5.41) is 11.8. The maximum Gasteiger partial charge on any atom is 0.343 e. The van der Waals surface area contributed by atoms with Gasteiger partial charge in [0.25, 0.3) is 0 Å². The third kappa shape index (κ3) is 3.29. The average molecular weight is 434 g/mol. The van der Waals surface area contributed by atoms with Crippen LogP contribution in [0.25, 0.3) is 10.9 Å². The molecule has 3 heterocycles. The van der Waals surface area contributed by atoms with E-state index in [1.807, 2.05) is 11.9 Å². The summed E-state index contributed by atoms with van der Waals surface area (Å²) in [6.45, 7) is 5.33. The Morgan fingerprint density at radius 2 is 2.03 bits per heavy atom. The first kappa shape index (κ1) is 21.0. The Morgan fingerprint density at radius 1 is 1.35 bits per heavy atom. The Bertz CT molecular complexity index is 1140. The van der Waals surface area contributed by atoms with Gasteiger partial charge >= 0.3 is 11.7 Å². The van der Waals surface area contributed by atoms with Crippen molar-refractivity contribution in [3.05, 3.63) is 37.9 Å². The molecule has 0 bridgehead atoms. The number of aromatic nitrogens is 1. The number of carbonyl (C=O) groups excluding carboxylic acids is 1. The average Bonchev–Trinajstić information content (AvgIpc) is 2.73. The summed E-state index contributed by atoms with van der Waals surface area (Å²) in [4.78, 5) is 40.7. The molecule has 0 N–H and O–H groups in total. The van der Waals surface area contributed by atoms with Gasteiger partial charge in [-0.05, 0) is 20.9 Å². The number of nitrogens with zero attached hydrogens (tertiary/aromatic N) is 4. The molecule has 31 heavy (non-hydrogen) atoms. The summed E-state index contributed by atoms with van der Waals surface area (Å²) in [5.41, 5.74) is -2.14. The van der Waals surface area contributed by atoms with Gasteiger partial charge in [-0.2, -0.15) is 0 Å². The minimum atomic E-state index is -0.877. The number of nitro groups is 1. The first-order valence-electron chi connectivity index (χ1n) is 10.1. The van der Waals surface area contributed by atoms with Crippen molar-refractivity contribution in [2.24, 2.45) is 0 Å². The predicted octanol–water partition coefficient (Wildman–Crippen LogP) is 1.93. The minimum absolute atomic E-state index is 0.0149. The van der Waals surface area contributed by atoms with E-state index in [4.69, 9.17) is 9.47 Å². The summed E-state index contributed by atoms with van der Waals surface area (Å²) in [6, 6.07) is -0.378. The molecule has 0 amide bonds. The molecule has 0 unspecified atom stereocenters. The van der Waals surface area contributed by atoms with Gasteiger partial charge in [-0.25, -0.2) is 9.18 Å². The SMILES string of the molecule is CCOC(=O)c1cn2c3c(c(F)c(N4CCN(C)CC4)c([N+](=O)[O-])c3c1=O)OC[C@@H]2C. The van der Waals surface area contributed by atoms with E-state index < -0.39 is 27.8 Å². The molecule has 4 rings (SSSR count). The van der Waals surface area contributed by atoms with Crippen molar-refractivity contribution in [3.8, 4) is 5.75 Å². The second-order valence-electron chi connectivity index (χ2n) is 7.77. The van der Waals surface area contributed by atoms with Crippen LogP contribution in [0.5, 0.6) is 5.75 Å². The van der Waals surface area contributed by atoms with Gasteiger partial charge < -0.3 is 23.8 Å². The fourth-order valence-electron chi connectivity index (χ4n) is 4.13. The molecule has 0 radical (unpaired) electrons. The topological polar surface area (TPSA) is 107 Å². The molecule has 1 aromatic carbocycles. The summed E-state index contributed by atoms with van der Waals surface area (Å²) in [7, 11) is 1.90. The zero-order valence-corrected chi connectivity index (χ0v) is 17.5. The number of likely N-dealkylation sites (N-methyl/N-ethyl adjacent to an activating group) is 1. The number of hydrogen-bond acceptors (Lipinski definition) is 8. The van der Waals surface area contributed by atoms with Gasteiger partial charge in [-0.3, -0.25) is 14.9 Å². The van der Waals surface area contributed by atoms with Crippen LogP contribution in [0.15, 0.2) is 11.0 Å². The van der Waals surface area contributed by atoms with Crippen LogP contribution in [0.1, 0.15) is 30.2 Å². The van der Waals surface area contributed by atoms with Crippen LogP contribution in [-0.2, 0) is 4.74 Å². The lowest BCUT2D eigenvalue weighted by Gasteiger charge is -2.35. The molecule has 1 fully saturated rings. The second kappa shape index (κ2) is 7.80. The number of anilines is 1. The van der Waals surface area contributed by atoms with Crippen molar-refractivity contribution in [1.29, 1.82) is 0 Å². The van der Waals surface area contributed by atoms with Crippen LogP contribution in [0.3, 0.4) is 0 Å². The van der Waals surface area contributed by atoms with E-state index >= 15 is 4.39 Å². The van der Waals surface area contributed by atoms with Crippen molar-refractivity contribution in [2.45, 2.75) is 19.9 Å². The maximum atomic E-state index is 15.7. The number of rotatable bonds is 4. The lowest BCUT2D eigenvalue weighted by atomic mass is 10.0. The van der Waals surface area contributed by atoms with Crippen LogP contribution < -0.4 is 15.1 Å². The molecule has 2 aliphatic heterocycles. The van der Waals surface area contributed by atoms with Gasteiger partial charge in [-0.1, -0.05) is 0 Å². The smallest absolute Gasteiger partial charge is 0.343 e. The molecule has 1 atom stereocenters. The molecule has 10 nitrogen and oxygen atoms in total. The van der Waals surface area contributed by atoms with Gasteiger partial charge in [0.05, 0.1) is 17.6 Å². The third-order valence-corrected chi connectivity index (χ3v) is 5.76. The van der Waals surface area contributed by atoms with E-state index in [1.165, 1.54) is 10.8 Å². The number of esters is 1. The zero-order chi connectivity index (χ0) is 22.4. The summed E-state index contributed by atoms with van der Waals surface area (Å²) < 4.78 is 27.8. The number of nitro benzene ring substituents is 1. The van der Waals surface area contributed by atoms with E-state index in [0.717, 1.165) is 0 Å². The fraction of sp³-hybridized carbons (Fsp3) is 0.500. The Labute approximate surface area is 176 Å². The van der Waals surface area contributed by atoms with E-state index in [2.05, 4.69) is 0 Å². The van der Waals surface area contributed by atoms with Crippen LogP contribution in [-0.4, -0.2) is 66.8 Å². The number of halogens is 1. The van der Waals surface area contributed by atoms with Crippen LogP contribution in [0.2, 0.25) is 0 Å². The highest BCUT2D eigenvalue weighted by molar-refractivity contribution is 6.03. The highest BCUT2D eigenvalue weighted by Crippen LogP contribution is 2.46. The minimum Gasteiger partial charge on any atom is -0.486 e. The van der Waals surface area contributed by atoms with Gasteiger partial charge in [-0.15, -0.1) is 0 Å². The van der Waals surface area contributed by atoms with E-state index in [1.54, 1.807) is 18.7 Å². The lowest BCUT2D eigenvalue weighted by molar-refractivity contribution is -0.382. The molecular formula is C20H23FN4O6. The van der Waals surface area contributed by atoms with Crippen molar-refractivity contribution in [1.82, 2.24) is 9.47 Å². The molecule has 166 valence electrons. The largest absolute Gasteiger partial charge is 0.486 e. The quantitative estimate of drug-likeness (QED) is 0.408. The Morgan fingerprint density at radius 3 is 2.65 bits per heavy atom. The predicted molar refractivity (Wildman–Crippen MR) is 111 cm³/mol. The monoisotopic (exact) mass is 434 g/mol. The van der Waals surface area contributed by atoms with Crippen LogP contribution in [0.4, 0.5) is 15.8 Å². The number of benzene rings is 1. The van der Waals surface area contributed by atoms with Crippen molar-refractivity contribution in [2.75, 3.05) is 51.3 Å². The number of piperazine rings is 1. The first-order chi connectivity index (χ1) is 14.8. The lowest BCUT2D eigenvalue weighted by Crippen LogP contribution is -2.45. The Hall–Kier alpha value is -3.21. The molecular weight excluding hydrogens is 411 g/mol. The first-order valence-corrected chi connectivity index (χ1v) is 10.1. The number of pyridine rings is 1. The zero-order valence-electron chi connectivity index (χ0n) is 17.5. The summed E-state index contributed by atoms with van der Waals surface area (Å²) >= 11 is 0. The summed E-state index contributed by atoms with van der Waals surface area (Å²) in [6.07, 6.45) is 1.28. The van der Waals surface area contributed by atoms with Gasteiger partial charge in [0.2, 0.25) is 5.43 Å². The molecule has 0 aliphatic carbocycles. The van der Waals surface area contributed by atoms with Crippen LogP contribution in [0, 0.1) is 15.9 Å². The standard InChI is InChI=1S/C20H23FN4O6/c1-4-30-20(27)12-9-24-11(2)10-31-19-14(21)17(23-7-5-22(3)6-8-23)15(25(28)29)13(16(19)24)18(12)26/h9,11H,4-8,10H2,1-3H3/t11-/m0/s1. The maximum absolute atomic E-state index is 15.7. The normalized spacial score (nSPS) is 18.7. The van der Waals surface area contributed by atoms with E-state index in [0.29, 0.717) is 26.2 Å². The van der Waals surface area contributed by atoms with E-state index in [9.17, 15) is 19.7 Å². The Kier molecular flexibility index (Phi) is 5.29. The van der Waals surface area contributed by atoms with Crippen LogP contribution >= 0.6 is 0 Å². The molecule has 0 spiro atoms. The fourth-order valence-corrected chi connectivity index (χ4v) is 4.13. The van der Waals surface area contributed by atoms with Crippen molar-refractivity contribution < 1.29 is 23.6 Å². The molecule has 2 aromatic rings. The van der Waals surface area contributed by atoms with Gasteiger partial charge in [0.1, 0.15) is 23.1 Å².